The smallest absolute Gasteiger partial charge is 0.269 e. The lowest BCUT2D eigenvalue weighted by atomic mass is 9.82. The molecule has 1 aliphatic carbocycles. The van der Waals surface area contributed by atoms with Crippen LogP contribution in [-0.2, 0) is 0 Å². The minimum Gasteiger partial charge on any atom is -0.473 e. The number of nitrogens with two attached hydrogens (primary N) is 2. The van der Waals surface area contributed by atoms with E-state index in [-0.39, 0.29) is 11.8 Å². The van der Waals surface area contributed by atoms with Crippen LogP contribution in [0.1, 0.15) is 23.3 Å². The first-order valence-corrected chi connectivity index (χ1v) is 5.19. The number of carbonyl (C=O) groups excluding carboxylic acids is 1. The average molecular weight is 222 g/mol. The molecule has 1 saturated carbocycles. The summed E-state index contributed by atoms with van der Waals surface area (Å²) in [5, 5.41) is 7.42. The first-order chi connectivity index (χ1) is 7.69. The summed E-state index contributed by atoms with van der Waals surface area (Å²) in [4.78, 5) is 10.7. The van der Waals surface area contributed by atoms with Crippen LogP contribution in [0.25, 0.3) is 0 Å². The zero-order valence-electron chi connectivity index (χ0n) is 8.80. The van der Waals surface area contributed by atoms with Gasteiger partial charge < -0.3 is 16.2 Å². The summed E-state index contributed by atoms with van der Waals surface area (Å²) in [6.45, 7) is 0.701. The van der Waals surface area contributed by atoms with Gasteiger partial charge in [0.15, 0.2) is 5.69 Å². The van der Waals surface area contributed by atoms with Crippen LogP contribution in [0, 0.1) is 5.92 Å². The number of hydrogen-bond donors (Lipinski definition) is 2. The molecular weight excluding hydrogens is 208 g/mol. The van der Waals surface area contributed by atoms with E-state index in [9.17, 15) is 4.79 Å². The molecule has 0 saturated heterocycles. The van der Waals surface area contributed by atoms with Crippen molar-refractivity contribution in [3.8, 4) is 5.88 Å². The minimum atomic E-state index is -0.592. The molecule has 0 unspecified atom stereocenters. The number of carbonyl (C=O) groups is 1. The lowest BCUT2D eigenvalue weighted by molar-refractivity contribution is 0.0639. The Morgan fingerprint density at radius 1 is 1.44 bits per heavy atom. The van der Waals surface area contributed by atoms with Crippen molar-refractivity contribution in [2.24, 2.45) is 17.4 Å². The summed E-state index contributed by atoms with van der Waals surface area (Å²) in [7, 11) is 0. The molecule has 1 amide bonds. The standard InChI is InChI=1S/C10H14N4O2/c11-5-6-3-7(4-6)16-9-2-1-8(10(12)15)13-14-9/h1-2,6-7H,3-5,11H2,(H2,12,15). The summed E-state index contributed by atoms with van der Waals surface area (Å²) in [5.41, 5.74) is 10.7. The number of ether oxygens (including phenoxy) is 1. The monoisotopic (exact) mass is 222 g/mol. The Hall–Kier alpha value is -1.69. The predicted molar refractivity (Wildman–Crippen MR) is 56.7 cm³/mol. The Bertz CT molecular complexity index is 373. The van der Waals surface area contributed by atoms with Crippen LogP contribution in [-0.4, -0.2) is 28.8 Å². The summed E-state index contributed by atoms with van der Waals surface area (Å²) >= 11 is 0. The molecule has 6 nitrogen and oxygen atoms in total. The van der Waals surface area contributed by atoms with Crippen LogP contribution in [0.3, 0.4) is 0 Å². The fourth-order valence-corrected chi connectivity index (χ4v) is 1.65. The van der Waals surface area contributed by atoms with E-state index in [1.807, 2.05) is 0 Å². The van der Waals surface area contributed by atoms with Gasteiger partial charge in [-0.25, -0.2) is 0 Å². The quantitative estimate of drug-likeness (QED) is 0.727. The molecule has 0 radical (unpaired) electrons. The highest BCUT2D eigenvalue weighted by molar-refractivity contribution is 5.90. The normalized spacial score (nSPS) is 23.6. The second-order valence-corrected chi connectivity index (χ2v) is 3.93. The highest BCUT2D eigenvalue weighted by Crippen LogP contribution is 2.29. The van der Waals surface area contributed by atoms with E-state index in [1.54, 1.807) is 6.07 Å². The van der Waals surface area contributed by atoms with Crippen LogP contribution in [0.4, 0.5) is 0 Å². The van der Waals surface area contributed by atoms with Crippen molar-refractivity contribution in [1.29, 1.82) is 0 Å². The van der Waals surface area contributed by atoms with Crippen molar-refractivity contribution in [2.75, 3.05) is 6.54 Å². The molecule has 1 aliphatic rings. The van der Waals surface area contributed by atoms with Crippen molar-refractivity contribution in [1.82, 2.24) is 10.2 Å². The number of hydrogen-bond acceptors (Lipinski definition) is 5. The molecule has 1 fully saturated rings. The van der Waals surface area contributed by atoms with Gasteiger partial charge in [0.1, 0.15) is 6.10 Å². The van der Waals surface area contributed by atoms with Crippen molar-refractivity contribution < 1.29 is 9.53 Å². The third-order valence-electron chi connectivity index (χ3n) is 2.71. The molecule has 0 aromatic carbocycles. The second kappa shape index (κ2) is 4.44. The maximum absolute atomic E-state index is 10.7. The lowest BCUT2D eigenvalue weighted by Gasteiger charge is -2.33. The third-order valence-corrected chi connectivity index (χ3v) is 2.71. The van der Waals surface area contributed by atoms with E-state index < -0.39 is 5.91 Å². The van der Waals surface area contributed by atoms with Gasteiger partial charge in [0.25, 0.3) is 5.91 Å². The van der Waals surface area contributed by atoms with Gasteiger partial charge in [-0.05, 0) is 31.4 Å². The molecule has 2 rings (SSSR count). The van der Waals surface area contributed by atoms with Crippen molar-refractivity contribution in [3.63, 3.8) is 0 Å². The summed E-state index contributed by atoms with van der Waals surface area (Å²) in [6.07, 6.45) is 2.08. The molecule has 1 aromatic heterocycles. The van der Waals surface area contributed by atoms with E-state index in [0.29, 0.717) is 18.3 Å². The Labute approximate surface area is 93.0 Å². The number of nitrogens with zero attached hydrogens (tertiary/aromatic N) is 2. The highest BCUT2D eigenvalue weighted by Gasteiger charge is 2.29. The number of aromatic nitrogens is 2. The molecule has 0 atom stereocenters. The second-order valence-electron chi connectivity index (χ2n) is 3.93. The van der Waals surface area contributed by atoms with Crippen molar-refractivity contribution >= 4 is 5.91 Å². The van der Waals surface area contributed by atoms with Crippen LogP contribution in [0.5, 0.6) is 5.88 Å². The molecule has 0 aliphatic heterocycles. The zero-order valence-corrected chi connectivity index (χ0v) is 8.80. The Kier molecular flexibility index (Phi) is 3.00. The number of primary amides is 1. The van der Waals surface area contributed by atoms with Gasteiger partial charge in [-0.15, -0.1) is 10.2 Å². The molecule has 86 valence electrons. The van der Waals surface area contributed by atoms with Crippen molar-refractivity contribution in [3.05, 3.63) is 17.8 Å². The Morgan fingerprint density at radius 2 is 2.19 bits per heavy atom. The summed E-state index contributed by atoms with van der Waals surface area (Å²) in [5.74, 6) is 0.388. The summed E-state index contributed by atoms with van der Waals surface area (Å²) < 4.78 is 5.54. The zero-order chi connectivity index (χ0) is 11.5. The SMILES string of the molecule is NCC1CC(Oc2ccc(C(N)=O)nn2)C1. The lowest BCUT2D eigenvalue weighted by Crippen LogP contribution is -2.38. The van der Waals surface area contributed by atoms with Gasteiger partial charge in [0, 0.05) is 6.07 Å². The maximum Gasteiger partial charge on any atom is 0.269 e. The molecular formula is C10H14N4O2. The molecule has 0 bridgehead atoms. The van der Waals surface area contributed by atoms with Gasteiger partial charge in [-0.1, -0.05) is 0 Å². The van der Waals surface area contributed by atoms with E-state index in [1.165, 1.54) is 6.07 Å². The fraction of sp³-hybridized carbons (Fsp3) is 0.500. The fourth-order valence-electron chi connectivity index (χ4n) is 1.65. The van der Waals surface area contributed by atoms with Gasteiger partial charge in [0.2, 0.25) is 5.88 Å². The first-order valence-electron chi connectivity index (χ1n) is 5.19. The molecule has 4 N–H and O–H groups in total. The predicted octanol–water partition coefficient (Wildman–Crippen LogP) is -0.308. The van der Waals surface area contributed by atoms with Crippen LogP contribution >= 0.6 is 0 Å². The van der Waals surface area contributed by atoms with Gasteiger partial charge in [-0.3, -0.25) is 4.79 Å². The van der Waals surface area contributed by atoms with E-state index in [0.717, 1.165) is 12.8 Å². The van der Waals surface area contributed by atoms with Gasteiger partial charge in [0.05, 0.1) is 0 Å². The minimum absolute atomic E-state index is 0.140. The third kappa shape index (κ3) is 2.27. The first kappa shape index (κ1) is 10.8. The number of amides is 1. The molecule has 1 heterocycles. The van der Waals surface area contributed by atoms with Gasteiger partial charge in [-0.2, -0.15) is 0 Å². The van der Waals surface area contributed by atoms with E-state index in [4.69, 9.17) is 16.2 Å². The van der Waals surface area contributed by atoms with Crippen LogP contribution in [0.15, 0.2) is 12.1 Å². The highest BCUT2D eigenvalue weighted by atomic mass is 16.5. The molecule has 1 aromatic rings. The summed E-state index contributed by atoms with van der Waals surface area (Å²) in [6, 6.07) is 3.10. The van der Waals surface area contributed by atoms with E-state index >= 15 is 0 Å². The molecule has 6 heteroatoms. The van der Waals surface area contributed by atoms with Crippen LogP contribution in [0.2, 0.25) is 0 Å². The van der Waals surface area contributed by atoms with E-state index in [2.05, 4.69) is 10.2 Å². The van der Waals surface area contributed by atoms with Crippen molar-refractivity contribution in [2.45, 2.75) is 18.9 Å². The number of rotatable bonds is 4. The molecule has 16 heavy (non-hydrogen) atoms. The van der Waals surface area contributed by atoms with Gasteiger partial charge >= 0.3 is 0 Å². The molecule has 0 spiro atoms. The average Bonchev–Trinajstić information content (AvgIpc) is 2.23. The largest absolute Gasteiger partial charge is 0.473 e. The Morgan fingerprint density at radius 3 is 2.69 bits per heavy atom. The van der Waals surface area contributed by atoms with Crippen LogP contribution < -0.4 is 16.2 Å². The topological polar surface area (TPSA) is 104 Å². The maximum atomic E-state index is 10.7. The Balaban J connectivity index is 1.89.